The summed E-state index contributed by atoms with van der Waals surface area (Å²) in [5.41, 5.74) is 1.85. The molecule has 3 atom stereocenters. The van der Waals surface area contributed by atoms with Gasteiger partial charge in [0.05, 0.1) is 25.4 Å². The van der Waals surface area contributed by atoms with Gasteiger partial charge in [-0.25, -0.2) is 0 Å². The van der Waals surface area contributed by atoms with Gasteiger partial charge in [0.1, 0.15) is 0 Å². The van der Waals surface area contributed by atoms with Gasteiger partial charge in [-0.15, -0.1) is 0 Å². The SMILES string of the molecule is CCCCCC(O)/C=C/c1cccc(/C=C/C(O)C(O)CCCC(=O)OC)c1. The highest BCUT2D eigenvalue weighted by Crippen LogP contribution is 2.13. The van der Waals surface area contributed by atoms with Crippen LogP contribution in [-0.2, 0) is 9.53 Å². The van der Waals surface area contributed by atoms with Crippen LogP contribution in [-0.4, -0.2) is 46.7 Å². The minimum absolute atomic E-state index is 0.225. The lowest BCUT2D eigenvalue weighted by Crippen LogP contribution is -2.23. The third-order valence-corrected chi connectivity index (χ3v) is 4.51. The largest absolute Gasteiger partial charge is 0.469 e. The number of ether oxygens (including phenoxy) is 1. The molecule has 0 bridgehead atoms. The van der Waals surface area contributed by atoms with Crippen LogP contribution >= 0.6 is 0 Å². The number of aliphatic hydroxyl groups is 3. The Balaban J connectivity index is 2.52. The molecule has 0 saturated carbocycles. The average Bonchev–Trinajstić information content (AvgIpc) is 2.70. The summed E-state index contributed by atoms with van der Waals surface area (Å²) in [6, 6.07) is 7.71. The van der Waals surface area contributed by atoms with Gasteiger partial charge in [-0.2, -0.15) is 0 Å². The summed E-state index contributed by atoms with van der Waals surface area (Å²) in [5, 5.41) is 30.0. The Labute approximate surface area is 168 Å². The number of unbranched alkanes of at least 4 members (excludes halogenated alkanes) is 2. The molecular weight excluding hydrogens is 356 g/mol. The summed E-state index contributed by atoms with van der Waals surface area (Å²) >= 11 is 0. The maximum Gasteiger partial charge on any atom is 0.305 e. The van der Waals surface area contributed by atoms with E-state index < -0.39 is 18.3 Å². The summed E-state index contributed by atoms with van der Waals surface area (Å²) in [6.07, 6.45) is 9.68. The van der Waals surface area contributed by atoms with Crippen LogP contribution in [0, 0.1) is 0 Å². The van der Waals surface area contributed by atoms with E-state index in [1.165, 1.54) is 7.11 Å². The van der Waals surface area contributed by atoms with Crippen LogP contribution in [0.5, 0.6) is 0 Å². The van der Waals surface area contributed by atoms with Crippen molar-refractivity contribution >= 4 is 18.1 Å². The number of hydrogen-bond acceptors (Lipinski definition) is 5. The van der Waals surface area contributed by atoms with E-state index >= 15 is 0 Å². The molecule has 1 aromatic rings. The Morgan fingerprint density at radius 1 is 1.04 bits per heavy atom. The summed E-state index contributed by atoms with van der Waals surface area (Å²) in [7, 11) is 1.33. The number of aliphatic hydroxyl groups excluding tert-OH is 3. The Morgan fingerprint density at radius 3 is 2.36 bits per heavy atom. The standard InChI is InChI=1S/C23H34O5/c1-3-4-5-10-20(24)15-13-18-8-6-9-19(17-18)14-16-22(26)21(25)11-7-12-23(27)28-2/h6,8-9,13-17,20-22,24-26H,3-5,7,10-12H2,1-2H3/b15-13+,16-14+. The topological polar surface area (TPSA) is 87.0 Å². The van der Waals surface area contributed by atoms with Crippen LogP contribution in [0.4, 0.5) is 0 Å². The Hall–Kier alpha value is -1.95. The molecular formula is C23H34O5. The average molecular weight is 391 g/mol. The van der Waals surface area contributed by atoms with Crippen LogP contribution < -0.4 is 0 Å². The van der Waals surface area contributed by atoms with E-state index in [4.69, 9.17) is 0 Å². The van der Waals surface area contributed by atoms with Crippen LogP contribution in [0.15, 0.2) is 36.4 Å². The molecule has 0 saturated heterocycles. The highest BCUT2D eigenvalue weighted by atomic mass is 16.5. The molecule has 1 aromatic carbocycles. The van der Waals surface area contributed by atoms with E-state index in [0.717, 1.165) is 36.8 Å². The monoisotopic (exact) mass is 390 g/mol. The first-order valence-electron chi connectivity index (χ1n) is 10.0. The molecule has 28 heavy (non-hydrogen) atoms. The molecule has 5 nitrogen and oxygen atoms in total. The third-order valence-electron chi connectivity index (χ3n) is 4.51. The minimum Gasteiger partial charge on any atom is -0.469 e. The van der Waals surface area contributed by atoms with Crippen molar-refractivity contribution in [1.82, 2.24) is 0 Å². The highest BCUT2D eigenvalue weighted by molar-refractivity contribution is 5.69. The number of esters is 1. The molecule has 0 aliphatic rings. The maximum atomic E-state index is 11.1. The molecule has 0 fully saturated rings. The fourth-order valence-electron chi connectivity index (χ4n) is 2.75. The molecule has 0 heterocycles. The van der Waals surface area contributed by atoms with E-state index in [9.17, 15) is 20.1 Å². The highest BCUT2D eigenvalue weighted by Gasteiger charge is 2.13. The first-order valence-corrected chi connectivity index (χ1v) is 10.0. The number of methoxy groups -OCH3 is 1. The van der Waals surface area contributed by atoms with Crippen molar-refractivity contribution in [2.45, 2.75) is 70.2 Å². The van der Waals surface area contributed by atoms with Crippen LogP contribution in [0.3, 0.4) is 0 Å². The molecule has 3 N–H and O–H groups in total. The Morgan fingerprint density at radius 2 is 1.71 bits per heavy atom. The van der Waals surface area contributed by atoms with Gasteiger partial charge in [0.15, 0.2) is 0 Å². The van der Waals surface area contributed by atoms with Gasteiger partial charge in [0, 0.05) is 6.42 Å². The molecule has 0 aliphatic heterocycles. The van der Waals surface area contributed by atoms with Crippen molar-refractivity contribution in [3.8, 4) is 0 Å². The van der Waals surface area contributed by atoms with E-state index in [1.807, 2.05) is 30.3 Å². The van der Waals surface area contributed by atoms with Crippen molar-refractivity contribution in [2.24, 2.45) is 0 Å². The fraction of sp³-hybridized carbons (Fsp3) is 0.522. The number of carbonyl (C=O) groups excluding carboxylic acids is 1. The molecule has 156 valence electrons. The second kappa shape index (κ2) is 14.1. The van der Waals surface area contributed by atoms with E-state index in [-0.39, 0.29) is 12.4 Å². The predicted octanol–water partition coefficient (Wildman–Crippen LogP) is 3.72. The second-order valence-corrected chi connectivity index (χ2v) is 6.98. The molecule has 0 radical (unpaired) electrons. The summed E-state index contributed by atoms with van der Waals surface area (Å²) in [5.74, 6) is -0.322. The lowest BCUT2D eigenvalue weighted by Gasteiger charge is -2.14. The third kappa shape index (κ3) is 10.4. The number of benzene rings is 1. The van der Waals surface area contributed by atoms with E-state index in [2.05, 4.69) is 11.7 Å². The van der Waals surface area contributed by atoms with Crippen LogP contribution in [0.25, 0.3) is 12.2 Å². The van der Waals surface area contributed by atoms with Gasteiger partial charge in [-0.3, -0.25) is 4.79 Å². The number of rotatable bonds is 13. The lowest BCUT2D eigenvalue weighted by molar-refractivity contribution is -0.140. The van der Waals surface area contributed by atoms with Crippen LogP contribution in [0.2, 0.25) is 0 Å². The number of hydrogen-bond donors (Lipinski definition) is 3. The van der Waals surface area contributed by atoms with E-state index in [0.29, 0.717) is 12.8 Å². The Bertz CT molecular complexity index is 623. The van der Waals surface area contributed by atoms with Gasteiger partial charge in [0.2, 0.25) is 0 Å². The molecule has 0 aliphatic carbocycles. The maximum absolute atomic E-state index is 11.1. The Kier molecular flexibility index (Phi) is 12.1. The quantitative estimate of drug-likeness (QED) is 0.353. The zero-order valence-corrected chi connectivity index (χ0v) is 17.0. The smallest absolute Gasteiger partial charge is 0.305 e. The summed E-state index contributed by atoms with van der Waals surface area (Å²) < 4.78 is 4.55. The van der Waals surface area contributed by atoms with Gasteiger partial charge in [-0.05, 0) is 36.5 Å². The lowest BCUT2D eigenvalue weighted by atomic mass is 10.0. The predicted molar refractivity (Wildman–Crippen MR) is 113 cm³/mol. The van der Waals surface area contributed by atoms with Gasteiger partial charge < -0.3 is 20.1 Å². The van der Waals surface area contributed by atoms with Crippen molar-refractivity contribution in [3.63, 3.8) is 0 Å². The van der Waals surface area contributed by atoms with Crippen molar-refractivity contribution < 1.29 is 24.9 Å². The molecule has 0 aromatic heterocycles. The van der Waals surface area contributed by atoms with Crippen LogP contribution in [0.1, 0.15) is 63.0 Å². The second-order valence-electron chi connectivity index (χ2n) is 6.98. The zero-order chi connectivity index (χ0) is 20.8. The van der Waals surface area contributed by atoms with Crippen molar-refractivity contribution in [2.75, 3.05) is 7.11 Å². The summed E-state index contributed by atoms with van der Waals surface area (Å²) in [6.45, 7) is 2.14. The normalized spacial score (nSPS) is 15.0. The number of carbonyl (C=O) groups is 1. The fourth-order valence-corrected chi connectivity index (χ4v) is 2.75. The van der Waals surface area contributed by atoms with Crippen molar-refractivity contribution in [1.29, 1.82) is 0 Å². The zero-order valence-electron chi connectivity index (χ0n) is 17.0. The van der Waals surface area contributed by atoms with Gasteiger partial charge in [0.25, 0.3) is 0 Å². The molecule has 0 spiro atoms. The van der Waals surface area contributed by atoms with Gasteiger partial charge >= 0.3 is 5.97 Å². The van der Waals surface area contributed by atoms with Crippen molar-refractivity contribution in [3.05, 3.63) is 47.5 Å². The van der Waals surface area contributed by atoms with Gasteiger partial charge in [-0.1, -0.05) is 68.7 Å². The molecule has 3 unspecified atom stereocenters. The molecule has 5 heteroatoms. The minimum atomic E-state index is -1.00. The van der Waals surface area contributed by atoms with E-state index in [1.54, 1.807) is 18.2 Å². The molecule has 1 rings (SSSR count). The molecule has 0 amide bonds. The first kappa shape index (κ1) is 24.1. The summed E-state index contributed by atoms with van der Waals surface area (Å²) in [4.78, 5) is 11.1. The first-order chi connectivity index (χ1) is 13.5.